The van der Waals surface area contributed by atoms with E-state index in [2.05, 4.69) is 34.6 Å². The molecule has 0 radical (unpaired) electrons. The number of aromatic amines is 1. The number of halogens is 1. The summed E-state index contributed by atoms with van der Waals surface area (Å²) in [4.78, 5) is 19.9. The van der Waals surface area contributed by atoms with E-state index in [0.717, 1.165) is 22.6 Å². The van der Waals surface area contributed by atoms with Gasteiger partial charge >= 0.3 is 0 Å². The molecule has 110 valence electrons. The topological polar surface area (TPSA) is 83.8 Å². The van der Waals surface area contributed by atoms with Gasteiger partial charge in [-0.05, 0) is 30.7 Å². The van der Waals surface area contributed by atoms with E-state index in [1.54, 1.807) is 6.33 Å². The molecular weight excluding hydrogens is 302 g/mol. The summed E-state index contributed by atoms with van der Waals surface area (Å²) in [6, 6.07) is 5.93. The van der Waals surface area contributed by atoms with Gasteiger partial charge < -0.3 is 14.7 Å². The van der Waals surface area contributed by atoms with Gasteiger partial charge in [0.1, 0.15) is 11.2 Å². The van der Waals surface area contributed by atoms with E-state index in [-0.39, 0.29) is 5.28 Å². The van der Waals surface area contributed by atoms with Gasteiger partial charge in [-0.3, -0.25) is 0 Å². The maximum absolute atomic E-state index is 5.93. The highest BCUT2D eigenvalue weighted by Crippen LogP contribution is 2.20. The third kappa shape index (κ3) is 2.06. The second-order valence-corrected chi connectivity index (χ2v) is 5.21. The van der Waals surface area contributed by atoms with Crippen molar-refractivity contribution in [3.05, 3.63) is 47.4 Å². The lowest BCUT2D eigenvalue weighted by atomic mass is 10.3. The van der Waals surface area contributed by atoms with Crippen molar-refractivity contribution in [2.24, 2.45) is 0 Å². The number of imidazole rings is 2. The molecule has 4 heterocycles. The molecule has 4 rings (SSSR count). The summed E-state index contributed by atoms with van der Waals surface area (Å²) in [6.07, 6.45) is 3.56. The Bertz CT molecular complexity index is 972. The number of pyridine rings is 1. The Balaban J connectivity index is 1.71. The highest BCUT2D eigenvalue weighted by Gasteiger charge is 2.11. The third-order valence-corrected chi connectivity index (χ3v) is 3.68. The minimum absolute atomic E-state index is 0.164. The number of anilines is 1. The SMILES string of the molecule is Cc1nc2ccccn2c1CNc1nc(Cl)nc2nc[nH]c12. The molecule has 4 aromatic heterocycles. The number of fused-ring (bicyclic) bond motifs is 2. The first-order valence-corrected chi connectivity index (χ1v) is 7.13. The molecule has 0 bridgehead atoms. The second kappa shape index (κ2) is 4.96. The Morgan fingerprint density at radius 1 is 1.27 bits per heavy atom. The number of nitrogens with zero attached hydrogens (tertiary/aromatic N) is 5. The summed E-state index contributed by atoms with van der Waals surface area (Å²) < 4.78 is 2.05. The largest absolute Gasteiger partial charge is 0.362 e. The number of aryl methyl sites for hydroxylation is 1. The smallest absolute Gasteiger partial charge is 0.226 e. The maximum atomic E-state index is 5.93. The van der Waals surface area contributed by atoms with Gasteiger partial charge in [0.2, 0.25) is 5.28 Å². The van der Waals surface area contributed by atoms with Crippen LogP contribution in [0, 0.1) is 6.92 Å². The fourth-order valence-electron chi connectivity index (χ4n) is 2.48. The van der Waals surface area contributed by atoms with Crippen LogP contribution in [0.3, 0.4) is 0 Å². The van der Waals surface area contributed by atoms with E-state index in [0.29, 0.717) is 18.0 Å². The number of H-pyrrole nitrogens is 1. The summed E-state index contributed by atoms with van der Waals surface area (Å²) >= 11 is 5.93. The van der Waals surface area contributed by atoms with Crippen molar-refractivity contribution in [1.82, 2.24) is 29.3 Å². The molecule has 0 saturated heterocycles. The normalized spacial score (nSPS) is 11.4. The predicted molar refractivity (Wildman–Crippen MR) is 83.9 cm³/mol. The molecule has 8 heteroatoms. The van der Waals surface area contributed by atoms with Crippen molar-refractivity contribution in [2.75, 3.05) is 5.32 Å². The maximum Gasteiger partial charge on any atom is 0.226 e. The zero-order valence-electron chi connectivity index (χ0n) is 11.7. The first-order chi connectivity index (χ1) is 10.7. The van der Waals surface area contributed by atoms with Gasteiger partial charge in [-0.1, -0.05) is 6.07 Å². The average molecular weight is 314 g/mol. The molecule has 0 fully saturated rings. The van der Waals surface area contributed by atoms with Gasteiger partial charge in [0, 0.05) is 6.20 Å². The molecule has 0 aliphatic rings. The summed E-state index contributed by atoms with van der Waals surface area (Å²) in [7, 11) is 0. The molecule has 2 N–H and O–H groups in total. The van der Waals surface area contributed by atoms with Crippen LogP contribution in [0.5, 0.6) is 0 Å². The lowest BCUT2D eigenvalue weighted by Crippen LogP contribution is -2.06. The van der Waals surface area contributed by atoms with Gasteiger partial charge in [0.15, 0.2) is 11.5 Å². The van der Waals surface area contributed by atoms with Crippen molar-refractivity contribution in [2.45, 2.75) is 13.5 Å². The molecule has 0 unspecified atom stereocenters. The summed E-state index contributed by atoms with van der Waals surface area (Å²) in [5.74, 6) is 0.623. The zero-order valence-corrected chi connectivity index (χ0v) is 12.5. The lowest BCUT2D eigenvalue weighted by molar-refractivity contribution is 0.976. The standard InChI is InChI=1S/C14H12ClN7/c1-8-9(22-5-3-2-4-10(22)19-8)6-16-12-11-13(18-7-17-11)21-14(15)20-12/h2-5,7H,6H2,1H3,(H2,16,17,18,20,21). The number of hydrogen-bond acceptors (Lipinski definition) is 5. The molecular formula is C14H12ClN7. The van der Waals surface area contributed by atoms with Crippen LogP contribution in [-0.4, -0.2) is 29.3 Å². The monoisotopic (exact) mass is 313 g/mol. The van der Waals surface area contributed by atoms with Crippen LogP contribution >= 0.6 is 11.6 Å². The summed E-state index contributed by atoms with van der Waals surface area (Å²) in [6.45, 7) is 2.56. The van der Waals surface area contributed by atoms with Gasteiger partial charge in [-0.15, -0.1) is 0 Å². The Morgan fingerprint density at radius 2 is 2.18 bits per heavy atom. The first-order valence-electron chi connectivity index (χ1n) is 6.75. The lowest BCUT2D eigenvalue weighted by Gasteiger charge is -2.07. The van der Waals surface area contributed by atoms with Crippen molar-refractivity contribution in [1.29, 1.82) is 0 Å². The van der Waals surface area contributed by atoms with Crippen molar-refractivity contribution >= 4 is 34.2 Å². The summed E-state index contributed by atoms with van der Waals surface area (Å²) in [5.41, 5.74) is 4.23. The van der Waals surface area contributed by atoms with E-state index in [1.165, 1.54) is 0 Å². The molecule has 0 spiro atoms. The van der Waals surface area contributed by atoms with E-state index in [4.69, 9.17) is 11.6 Å². The Morgan fingerprint density at radius 3 is 3.09 bits per heavy atom. The fraction of sp³-hybridized carbons (Fsp3) is 0.143. The molecule has 0 atom stereocenters. The highest BCUT2D eigenvalue weighted by atomic mass is 35.5. The van der Waals surface area contributed by atoms with Crippen LogP contribution in [0.4, 0.5) is 5.82 Å². The number of aromatic nitrogens is 6. The van der Waals surface area contributed by atoms with Crippen LogP contribution in [0.15, 0.2) is 30.7 Å². The quantitative estimate of drug-likeness (QED) is 0.568. The molecule has 0 saturated carbocycles. The molecule has 22 heavy (non-hydrogen) atoms. The van der Waals surface area contributed by atoms with Crippen LogP contribution in [0.25, 0.3) is 16.8 Å². The molecule has 0 amide bonds. The van der Waals surface area contributed by atoms with Crippen LogP contribution in [-0.2, 0) is 6.54 Å². The van der Waals surface area contributed by atoms with Gasteiger partial charge in [0.25, 0.3) is 0 Å². The predicted octanol–water partition coefficient (Wildman–Crippen LogP) is 2.57. The van der Waals surface area contributed by atoms with E-state index in [1.807, 2.05) is 31.3 Å². The van der Waals surface area contributed by atoms with Gasteiger partial charge in [-0.2, -0.15) is 9.97 Å². The number of rotatable bonds is 3. The Kier molecular flexibility index (Phi) is 2.93. The second-order valence-electron chi connectivity index (χ2n) is 4.87. The third-order valence-electron chi connectivity index (χ3n) is 3.51. The molecule has 0 aromatic carbocycles. The van der Waals surface area contributed by atoms with Crippen molar-refractivity contribution in [3.63, 3.8) is 0 Å². The summed E-state index contributed by atoms with van der Waals surface area (Å²) in [5, 5.41) is 3.45. The fourth-order valence-corrected chi connectivity index (χ4v) is 2.64. The first kappa shape index (κ1) is 13.0. The van der Waals surface area contributed by atoms with Crippen LogP contribution < -0.4 is 5.32 Å². The van der Waals surface area contributed by atoms with E-state index in [9.17, 15) is 0 Å². The van der Waals surface area contributed by atoms with Crippen LogP contribution in [0.2, 0.25) is 5.28 Å². The highest BCUT2D eigenvalue weighted by molar-refractivity contribution is 6.28. The minimum Gasteiger partial charge on any atom is -0.362 e. The minimum atomic E-state index is 0.164. The number of nitrogens with one attached hydrogen (secondary N) is 2. The molecule has 0 aliphatic heterocycles. The van der Waals surface area contributed by atoms with Gasteiger partial charge in [-0.25, -0.2) is 9.97 Å². The number of hydrogen-bond donors (Lipinski definition) is 2. The zero-order chi connectivity index (χ0) is 15.1. The Labute approximate surface area is 130 Å². The van der Waals surface area contributed by atoms with Crippen LogP contribution in [0.1, 0.15) is 11.4 Å². The van der Waals surface area contributed by atoms with Crippen molar-refractivity contribution < 1.29 is 0 Å². The van der Waals surface area contributed by atoms with E-state index < -0.39 is 0 Å². The van der Waals surface area contributed by atoms with Crippen molar-refractivity contribution in [3.8, 4) is 0 Å². The molecule has 7 nitrogen and oxygen atoms in total. The molecule has 0 aliphatic carbocycles. The van der Waals surface area contributed by atoms with E-state index >= 15 is 0 Å². The Hall–Kier alpha value is -2.67. The molecule has 4 aromatic rings. The average Bonchev–Trinajstić information content (AvgIpc) is 3.08. The van der Waals surface area contributed by atoms with Gasteiger partial charge in [0.05, 0.1) is 24.3 Å².